The van der Waals surface area contributed by atoms with Crippen molar-refractivity contribution in [2.45, 2.75) is 11.3 Å². The van der Waals surface area contributed by atoms with Crippen LogP contribution in [0.2, 0.25) is 5.02 Å². The highest BCUT2D eigenvalue weighted by atomic mass is 35.5. The first-order chi connectivity index (χ1) is 10.4. The minimum Gasteiger partial charge on any atom is -0.223 e. The molecule has 2 nitrogen and oxygen atoms in total. The van der Waals surface area contributed by atoms with Gasteiger partial charge in [-0.2, -0.15) is 0 Å². The monoisotopic (exact) mass is 342 g/mol. The maximum absolute atomic E-state index is 13.0. The first kappa shape index (κ1) is 16.6. The number of sulfone groups is 1. The van der Waals surface area contributed by atoms with Gasteiger partial charge in [-0.3, -0.25) is 0 Å². The molecule has 0 amide bonds. The van der Waals surface area contributed by atoms with Crippen molar-refractivity contribution < 1.29 is 17.2 Å². The summed E-state index contributed by atoms with van der Waals surface area (Å²) < 4.78 is 49.9. The van der Waals surface area contributed by atoms with Gasteiger partial charge in [-0.15, -0.1) is 0 Å². The zero-order chi connectivity index (χ0) is 16.2. The van der Waals surface area contributed by atoms with Crippen LogP contribution < -0.4 is 0 Å². The highest BCUT2D eigenvalue weighted by Crippen LogP contribution is 2.20. The molecule has 22 heavy (non-hydrogen) atoms. The lowest BCUT2D eigenvalue weighted by atomic mass is 10.1. The Morgan fingerprint density at radius 1 is 1.00 bits per heavy atom. The Morgan fingerprint density at radius 3 is 2.32 bits per heavy atom. The molecule has 116 valence electrons. The van der Waals surface area contributed by atoms with Crippen molar-refractivity contribution in [1.29, 1.82) is 0 Å². The fourth-order valence-electron chi connectivity index (χ4n) is 1.80. The fraction of sp³-hybridized carbons (Fsp3) is 0.125. The summed E-state index contributed by atoms with van der Waals surface area (Å²) in [5.74, 6) is -1.19. The second-order valence-corrected chi connectivity index (χ2v) is 7.10. The standard InChI is InChI=1S/C16H13ClF2O2S/c17-15-11-14(8-9-16(15)19)22(20,21)10-2-1-3-12-4-6-13(18)7-5-12/h1-2,4-9,11H,3,10H2. The van der Waals surface area contributed by atoms with Gasteiger partial charge in [0, 0.05) is 0 Å². The van der Waals surface area contributed by atoms with Crippen LogP contribution in [0.25, 0.3) is 0 Å². The van der Waals surface area contributed by atoms with E-state index in [1.165, 1.54) is 24.3 Å². The SMILES string of the molecule is O=S(=O)(CC=CCc1ccc(F)cc1)c1ccc(F)c(Cl)c1. The van der Waals surface area contributed by atoms with E-state index in [1.807, 2.05) is 0 Å². The van der Waals surface area contributed by atoms with E-state index < -0.39 is 15.7 Å². The lowest BCUT2D eigenvalue weighted by Gasteiger charge is -2.02. The number of rotatable bonds is 5. The maximum atomic E-state index is 13.0. The maximum Gasteiger partial charge on any atom is 0.181 e. The zero-order valence-corrected chi connectivity index (χ0v) is 13.0. The Morgan fingerprint density at radius 2 is 1.68 bits per heavy atom. The van der Waals surface area contributed by atoms with Crippen LogP contribution in [-0.4, -0.2) is 14.2 Å². The molecule has 0 fully saturated rings. The second kappa shape index (κ2) is 7.03. The van der Waals surface area contributed by atoms with E-state index in [2.05, 4.69) is 0 Å². The molecule has 0 saturated heterocycles. The van der Waals surface area contributed by atoms with E-state index in [-0.39, 0.29) is 21.5 Å². The van der Waals surface area contributed by atoms with Gasteiger partial charge in [0.2, 0.25) is 0 Å². The number of hydrogen-bond donors (Lipinski definition) is 0. The van der Waals surface area contributed by atoms with Crippen molar-refractivity contribution in [2.24, 2.45) is 0 Å². The van der Waals surface area contributed by atoms with Crippen LogP contribution >= 0.6 is 11.6 Å². The molecule has 0 atom stereocenters. The fourth-order valence-corrected chi connectivity index (χ4v) is 3.20. The van der Waals surface area contributed by atoms with Gasteiger partial charge in [0.05, 0.1) is 15.7 Å². The third-order valence-electron chi connectivity index (χ3n) is 3.00. The van der Waals surface area contributed by atoms with Crippen molar-refractivity contribution in [3.8, 4) is 0 Å². The third kappa shape index (κ3) is 4.39. The number of allylic oxidation sites excluding steroid dienone is 1. The molecular formula is C16H13ClF2O2S. The van der Waals surface area contributed by atoms with E-state index in [0.717, 1.165) is 17.7 Å². The Labute approximate surface area is 133 Å². The molecule has 0 spiro atoms. The minimum absolute atomic E-state index is 0.0228. The van der Waals surface area contributed by atoms with Crippen LogP contribution in [0.3, 0.4) is 0 Å². The molecule has 6 heteroatoms. The lowest BCUT2D eigenvalue weighted by molar-refractivity contribution is 0.597. The van der Waals surface area contributed by atoms with Gasteiger partial charge in [-0.25, -0.2) is 17.2 Å². The number of halogens is 3. The largest absolute Gasteiger partial charge is 0.223 e. The van der Waals surface area contributed by atoms with Crippen LogP contribution in [-0.2, 0) is 16.3 Å². The second-order valence-electron chi connectivity index (χ2n) is 4.66. The number of benzene rings is 2. The van der Waals surface area contributed by atoms with Gasteiger partial charge >= 0.3 is 0 Å². The molecule has 2 rings (SSSR count). The van der Waals surface area contributed by atoms with Crippen LogP contribution in [0.1, 0.15) is 5.56 Å². The van der Waals surface area contributed by atoms with Gasteiger partial charge in [0.15, 0.2) is 9.84 Å². The zero-order valence-electron chi connectivity index (χ0n) is 11.5. The topological polar surface area (TPSA) is 34.1 Å². The molecule has 0 bridgehead atoms. The van der Waals surface area contributed by atoms with Gasteiger partial charge < -0.3 is 0 Å². The van der Waals surface area contributed by atoms with Gasteiger partial charge in [-0.05, 0) is 42.3 Å². The van der Waals surface area contributed by atoms with E-state index in [9.17, 15) is 17.2 Å². The lowest BCUT2D eigenvalue weighted by Crippen LogP contribution is -2.05. The molecular weight excluding hydrogens is 330 g/mol. The Kier molecular flexibility index (Phi) is 5.32. The summed E-state index contributed by atoms with van der Waals surface area (Å²) in [6.07, 6.45) is 3.70. The summed E-state index contributed by atoms with van der Waals surface area (Å²) in [7, 11) is -3.56. The van der Waals surface area contributed by atoms with E-state index in [0.29, 0.717) is 6.42 Å². The predicted molar refractivity (Wildman–Crippen MR) is 82.7 cm³/mol. The highest BCUT2D eigenvalue weighted by Gasteiger charge is 2.14. The molecule has 0 aromatic heterocycles. The first-order valence-corrected chi connectivity index (χ1v) is 8.49. The number of hydrogen-bond acceptors (Lipinski definition) is 2. The molecule has 0 aliphatic heterocycles. The van der Waals surface area contributed by atoms with Crippen LogP contribution in [0.5, 0.6) is 0 Å². The quantitative estimate of drug-likeness (QED) is 0.603. The van der Waals surface area contributed by atoms with Gasteiger partial charge in [0.1, 0.15) is 11.6 Å². The van der Waals surface area contributed by atoms with E-state index in [4.69, 9.17) is 11.6 Å². The summed E-state index contributed by atoms with van der Waals surface area (Å²) in [6, 6.07) is 9.27. The summed E-state index contributed by atoms with van der Waals surface area (Å²) >= 11 is 5.59. The molecule has 0 radical (unpaired) electrons. The third-order valence-corrected chi connectivity index (χ3v) is 4.89. The smallest absolute Gasteiger partial charge is 0.181 e. The molecule has 0 aliphatic carbocycles. The molecule has 0 aliphatic rings. The molecule has 2 aromatic carbocycles. The summed E-state index contributed by atoms with van der Waals surface area (Å²) in [5.41, 5.74) is 0.875. The van der Waals surface area contributed by atoms with Crippen LogP contribution in [0.4, 0.5) is 8.78 Å². The Bertz CT molecular complexity index is 784. The van der Waals surface area contributed by atoms with Crippen molar-refractivity contribution >= 4 is 21.4 Å². The van der Waals surface area contributed by atoms with Crippen LogP contribution in [0, 0.1) is 11.6 Å². The average Bonchev–Trinajstić information content (AvgIpc) is 2.48. The van der Waals surface area contributed by atoms with Crippen molar-refractivity contribution in [2.75, 3.05) is 5.75 Å². The van der Waals surface area contributed by atoms with Gasteiger partial charge in [0.25, 0.3) is 0 Å². The van der Waals surface area contributed by atoms with Crippen molar-refractivity contribution in [3.63, 3.8) is 0 Å². The van der Waals surface area contributed by atoms with E-state index in [1.54, 1.807) is 18.2 Å². The van der Waals surface area contributed by atoms with E-state index >= 15 is 0 Å². The van der Waals surface area contributed by atoms with Crippen molar-refractivity contribution in [3.05, 3.63) is 76.8 Å². The summed E-state index contributed by atoms with van der Waals surface area (Å²) in [6.45, 7) is 0. The predicted octanol–water partition coefficient (Wildman–Crippen LogP) is 4.19. The van der Waals surface area contributed by atoms with Crippen LogP contribution in [0.15, 0.2) is 59.5 Å². The molecule has 0 saturated carbocycles. The first-order valence-electron chi connectivity index (χ1n) is 6.46. The Balaban J connectivity index is 2.01. The average molecular weight is 343 g/mol. The van der Waals surface area contributed by atoms with Gasteiger partial charge in [-0.1, -0.05) is 35.9 Å². The normalized spacial score (nSPS) is 12.0. The molecule has 0 unspecified atom stereocenters. The molecule has 2 aromatic rings. The minimum atomic E-state index is -3.56. The highest BCUT2D eigenvalue weighted by molar-refractivity contribution is 7.91. The summed E-state index contributed by atoms with van der Waals surface area (Å²) in [5, 5.41) is -0.226. The van der Waals surface area contributed by atoms with Crippen molar-refractivity contribution in [1.82, 2.24) is 0 Å². The molecule has 0 heterocycles. The molecule has 0 N–H and O–H groups in total. The summed E-state index contributed by atoms with van der Waals surface area (Å²) in [4.78, 5) is -0.0228. The Hall–Kier alpha value is -1.72.